The lowest BCUT2D eigenvalue weighted by Crippen LogP contribution is -2.53. The molecular formula is C17H21ClN6O2. The molecule has 138 valence electrons. The predicted octanol–water partition coefficient (Wildman–Crippen LogP) is 2.40. The number of amides is 3. The van der Waals surface area contributed by atoms with E-state index >= 15 is 0 Å². The van der Waals surface area contributed by atoms with Crippen molar-refractivity contribution >= 4 is 29.2 Å². The van der Waals surface area contributed by atoms with Crippen LogP contribution in [0.5, 0.6) is 0 Å². The fourth-order valence-electron chi connectivity index (χ4n) is 2.77. The lowest BCUT2D eigenvalue weighted by atomic mass is 10.2. The van der Waals surface area contributed by atoms with Crippen LogP contribution < -0.4 is 5.32 Å². The number of nitrogens with zero attached hydrogens (tertiary/aromatic N) is 5. The Kier molecular flexibility index (Phi) is 5.72. The lowest BCUT2D eigenvalue weighted by molar-refractivity contribution is -0.134. The van der Waals surface area contributed by atoms with E-state index in [1.165, 1.54) is 11.2 Å². The van der Waals surface area contributed by atoms with Crippen molar-refractivity contribution in [1.29, 1.82) is 0 Å². The molecule has 9 heteroatoms. The van der Waals surface area contributed by atoms with E-state index in [2.05, 4.69) is 22.3 Å². The average Bonchev–Trinajstić information content (AvgIpc) is 3.15. The molecule has 8 nitrogen and oxygen atoms in total. The van der Waals surface area contributed by atoms with E-state index in [9.17, 15) is 9.59 Å². The van der Waals surface area contributed by atoms with Crippen molar-refractivity contribution in [1.82, 2.24) is 24.6 Å². The first-order valence-electron chi connectivity index (χ1n) is 8.56. The molecule has 26 heavy (non-hydrogen) atoms. The molecule has 0 unspecified atom stereocenters. The van der Waals surface area contributed by atoms with Gasteiger partial charge in [-0.05, 0) is 24.6 Å². The molecule has 1 aromatic heterocycles. The molecule has 0 bridgehead atoms. The number of piperazine rings is 1. The number of rotatable bonds is 5. The quantitative estimate of drug-likeness (QED) is 0.868. The summed E-state index contributed by atoms with van der Waals surface area (Å²) in [5.74, 6) is -0.0144. The van der Waals surface area contributed by atoms with Crippen LogP contribution in [-0.4, -0.2) is 62.7 Å². The standard InChI is InChI=1S/C17H21ClN6O2/c1-2-3-6-22-7-8-23(10-16(22)25)17(26)21-13-4-5-15(14(18)9-13)24-12-19-11-20-24/h4-5,9,11-12H,2-3,6-8,10H2,1H3,(H,21,26). The van der Waals surface area contributed by atoms with Crippen LogP contribution >= 0.6 is 11.6 Å². The molecule has 1 saturated heterocycles. The van der Waals surface area contributed by atoms with Crippen molar-refractivity contribution in [2.45, 2.75) is 19.8 Å². The normalized spacial score (nSPS) is 14.6. The van der Waals surface area contributed by atoms with Gasteiger partial charge in [-0.1, -0.05) is 24.9 Å². The summed E-state index contributed by atoms with van der Waals surface area (Å²) >= 11 is 6.27. The molecule has 0 spiro atoms. The number of nitrogens with one attached hydrogen (secondary N) is 1. The Morgan fingerprint density at radius 2 is 2.19 bits per heavy atom. The first kappa shape index (κ1) is 18.2. The highest BCUT2D eigenvalue weighted by molar-refractivity contribution is 6.32. The Hall–Kier alpha value is -2.61. The smallest absolute Gasteiger partial charge is 0.322 e. The van der Waals surface area contributed by atoms with Crippen molar-refractivity contribution in [3.05, 3.63) is 35.9 Å². The minimum absolute atomic E-state index is 0.0144. The molecule has 0 aliphatic carbocycles. The minimum Gasteiger partial charge on any atom is -0.339 e. The summed E-state index contributed by atoms with van der Waals surface area (Å²) in [5.41, 5.74) is 1.23. The van der Waals surface area contributed by atoms with Crippen LogP contribution in [0.15, 0.2) is 30.9 Å². The predicted molar refractivity (Wildman–Crippen MR) is 98.4 cm³/mol. The van der Waals surface area contributed by atoms with Gasteiger partial charge in [0.25, 0.3) is 0 Å². The van der Waals surface area contributed by atoms with Crippen LogP contribution in [-0.2, 0) is 4.79 Å². The van der Waals surface area contributed by atoms with Gasteiger partial charge in [-0.15, -0.1) is 0 Å². The first-order chi connectivity index (χ1) is 12.6. The highest BCUT2D eigenvalue weighted by Crippen LogP contribution is 2.24. The van der Waals surface area contributed by atoms with Gasteiger partial charge in [-0.3, -0.25) is 4.79 Å². The highest BCUT2D eigenvalue weighted by Gasteiger charge is 2.26. The highest BCUT2D eigenvalue weighted by atomic mass is 35.5. The number of benzene rings is 1. The molecule has 2 heterocycles. The van der Waals surface area contributed by atoms with E-state index in [0.29, 0.717) is 29.5 Å². The third-order valence-electron chi connectivity index (χ3n) is 4.25. The van der Waals surface area contributed by atoms with Crippen molar-refractivity contribution in [2.24, 2.45) is 0 Å². The Morgan fingerprint density at radius 3 is 2.85 bits per heavy atom. The monoisotopic (exact) mass is 376 g/mol. The zero-order valence-corrected chi connectivity index (χ0v) is 15.3. The molecule has 0 atom stereocenters. The van der Waals surface area contributed by atoms with Crippen molar-refractivity contribution < 1.29 is 9.59 Å². The van der Waals surface area contributed by atoms with Crippen LogP contribution in [0.1, 0.15) is 19.8 Å². The second-order valence-electron chi connectivity index (χ2n) is 6.09. The molecule has 1 aliphatic rings. The molecule has 0 radical (unpaired) electrons. The van der Waals surface area contributed by atoms with Crippen molar-refractivity contribution in [3.8, 4) is 5.69 Å². The molecular weight excluding hydrogens is 356 g/mol. The van der Waals surface area contributed by atoms with Gasteiger partial charge in [0.15, 0.2) is 0 Å². The van der Waals surface area contributed by atoms with Gasteiger partial charge < -0.3 is 15.1 Å². The number of carbonyl (C=O) groups is 2. The summed E-state index contributed by atoms with van der Waals surface area (Å²) < 4.78 is 1.54. The van der Waals surface area contributed by atoms with Gasteiger partial charge in [-0.2, -0.15) is 5.10 Å². The molecule has 1 aromatic carbocycles. The third kappa shape index (κ3) is 4.13. The van der Waals surface area contributed by atoms with Crippen LogP contribution in [0, 0.1) is 0 Å². The molecule has 1 fully saturated rings. The van der Waals surface area contributed by atoms with Crippen LogP contribution in [0.4, 0.5) is 10.5 Å². The lowest BCUT2D eigenvalue weighted by Gasteiger charge is -2.34. The van der Waals surface area contributed by atoms with Crippen LogP contribution in [0.25, 0.3) is 5.69 Å². The Bertz CT molecular complexity index is 780. The van der Waals surface area contributed by atoms with Gasteiger partial charge in [0.2, 0.25) is 5.91 Å². The summed E-state index contributed by atoms with van der Waals surface area (Å²) in [6.07, 6.45) is 4.99. The van der Waals surface area contributed by atoms with E-state index < -0.39 is 0 Å². The number of carbonyl (C=O) groups excluding carboxylic acids is 2. The molecule has 0 saturated carbocycles. The maximum Gasteiger partial charge on any atom is 0.322 e. The van der Waals surface area contributed by atoms with Crippen molar-refractivity contribution in [2.75, 3.05) is 31.5 Å². The second kappa shape index (κ2) is 8.18. The van der Waals surface area contributed by atoms with Crippen LogP contribution in [0.3, 0.4) is 0 Å². The van der Waals surface area contributed by atoms with Gasteiger partial charge in [-0.25, -0.2) is 14.5 Å². The van der Waals surface area contributed by atoms with E-state index in [1.54, 1.807) is 29.2 Å². The number of urea groups is 1. The maximum absolute atomic E-state index is 12.4. The summed E-state index contributed by atoms with van der Waals surface area (Å²) in [6, 6.07) is 4.83. The first-order valence-corrected chi connectivity index (χ1v) is 8.94. The number of halogens is 1. The largest absolute Gasteiger partial charge is 0.339 e. The molecule has 3 rings (SSSR count). The average molecular weight is 377 g/mol. The number of aromatic nitrogens is 3. The van der Waals surface area contributed by atoms with Crippen molar-refractivity contribution in [3.63, 3.8) is 0 Å². The fourth-order valence-corrected chi connectivity index (χ4v) is 3.04. The molecule has 2 aromatic rings. The van der Waals surface area contributed by atoms with Gasteiger partial charge in [0, 0.05) is 25.3 Å². The van der Waals surface area contributed by atoms with Gasteiger partial charge >= 0.3 is 6.03 Å². The Balaban J connectivity index is 1.60. The topological polar surface area (TPSA) is 83.4 Å². The van der Waals surface area contributed by atoms with Crippen LogP contribution in [0.2, 0.25) is 5.02 Å². The number of hydrogen-bond acceptors (Lipinski definition) is 4. The summed E-state index contributed by atoms with van der Waals surface area (Å²) in [4.78, 5) is 31.8. The Morgan fingerprint density at radius 1 is 1.35 bits per heavy atom. The van der Waals surface area contributed by atoms with E-state index in [4.69, 9.17) is 11.6 Å². The number of unbranched alkanes of at least 4 members (excludes halogenated alkanes) is 1. The minimum atomic E-state index is -0.307. The summed E-state index contributed by atoms with van der Waals surface area (Å²) in [7, 11) is 0. The third-order valence-corrected chi connectivity index (χ3v) is 4.55. The maximum atomic E-state index is 12.4. The Labute approximate surface area is 156 Å². The fraction of sp³-hybridized carbons (Fsp3) is 0.412. The van der Waals surface area contributed by atoms with E-state index in [1.807, 2.05) is 4.90 Å². The summed E-state index contributed by atoms with van der Waals surface area (Å²) in [5, 5.41) is 7.26. The zero-order valence-electron chi connectivity index (χ0n) is 14.6. The van der Waals surface area contributed by atoms with E-state index in [-0.39, 0.29) is 18.5 Å². The molecule has 1 aliphatic heterocycles. The molecule has 1 N–H and O–H groups in total. The zero-order chi connectivity index (χ0) is 18.5. The number of hydrogen-bond donors (Lipinski definition) is 1. The van der Waals surface area contributed by atoms with E-state index in [0.717, 1.165) is 19.4 Å². The summed E-state index contributed by atoms with van der Waals surface area (Å²) in [6.45, 7) is 4.03. The van der Waals surface area contributed by atoms with Gasteiger partial charge in [0.1, 0.15) is 19.2 Å². The molecule has 3 amide bonds. The second-order valence-corrected chi connectivity index (χ2v) is 6.50. The SMILES string of the molecule is CCCCN1CCN(C(=O)Nc2ccc(-n3cncn3)c(Cl)c2)CC1=O. The van der Waals surface area contributed by atoms with Gasteiger partial charge in [0.05, 0.1) is 10.7 Å². The number of anilines is 1.